The van der Waals surface area contributed by atoms with Crippen molar-refractivity contribution in [3.8, 4) is 11.3 Å². The minimum Gasteiger partial charge on any atom is -0.390 e. The van der Waals surface area contributed by atoms with E-state index < -0.39 is 6.10 Å². The predicted octanol–water partition coefficient (Wildman–Crippen LogP) is 2.97. The molecule has 1 aromatic heterocycles. The molecule has 0 saturated carbocycles. The average molecular weight is 329 g/mol. The van der Waals surface area contributed by atoms with Gasteiger partial charge in [-0.3, -0.25) is 4.79 Å². The van der Waals surface area contributed by atoms with Crippen molar-refractivity contribution in [1.82, 2.24) is 9.78 Å². The Balaban J connectivity index is 2.25. The molecular weight excluding hydrogens is 312 g/mol. The van der Waals surface area contributed by atoms with Gasteiger partial charge in [-0.25, -0.2) is 4.68 Å². The smallest absolute Gasteiger partial charge is 0.274 e. The summed E-state index contributed by atoms with van der Waals surface area (Å²) in [5.41, 5.74) is 2.59. The van der Waals surface area contributed by atoms with Crippen LogP contribution in [-0.2, 0) is 6.54 Å². The van der Waals surface area contributed by atoms with Crippen LogP contribution in [0, 0.1) is 6.92 Å². The van der Waals surface area contributed by atoms with E-state index in [1.807, 2.05) is 49.4 Å². The fourth-order valence-corrected chi connectivity index (χ4v) is 2.63. The van der Waals surface area contributed by atoms with Crippen molar-refractivity contribution in [2.45, 2.75) is 19.6 Å². The minimum atomic E-state index is -0.811. The average Bonchev–Trinajstić information content (AvgIpc) is 2.58. The first kappa shape index (κ1) is 15.7. The summed E-state index contributed by atoms with van der Waals surface area (Å²) in [6.07, 6.45) is -0.811. The molecular formula is C18H17ClN2O2. The third-order valence-electron chi connectivity index (χ3n) is 3.75. The Morgan fingerprint density at radius 2 is 1.78 bits per heavy atom. The van der Waals surface area contributed by atoms with Crippen LogP contribution in [0.5, 0.6) is 0 Å². The molecule has 1 N–H and O–H groups in total. The molecule has 0 aliphatic carbocycles. The van der Waals surface area contributed by atoms with Gasteiger partial charge in [0.05, 0.1) is 29.6 Å². The van der Waals surface area contributed by atoms with Crippen molar-refractivity contribution in [1.29, 1.82) is 0 Å². The summed E-state index contributed by atoms with van der Waals surface area (Å²) in [5.74, 6) is 0.0564. The van der Waals surface area contributed by atoms with Crippen LogP contribution >= 0.6 is 11.6 Å². The van der Waals surface area contributed by atoms with Crippen LogP contribution in [0.2, 0.25) is 0 Å². The molecule has 3 rings (SSSR count). The maximum atomic E-state index is 12.6. The monoisotopic (exact) mass is 328 g/mol. The molecule has 1 unspecified atom stereocenters. The Morgan fingerprint density at radius 1 is 1.13 bits per heavy atom. The molecule has 2 aromatic carbocycles. The van der Waals surface area contributed by atoms with Crippen molar-refractivity contribution in [2.75, 3.05) is 5.88 Å². The Morgan fingerprint density at radius 3 is 2.43 bits per heavy atom. The molecule has 3 aromatic rings. The van der Waals surface area contributed by atoms with Crippen LogP contribution in [0.4, 0.5) is 0 Å². The van der Waals surface area contributed by atoms with E-state index in [4.69, 9.17) is 11.6 Å². The van der Waals surface area contributed by atoms with Crippen molar-refractivity contribution in [3.05, 3.63) is 64.4 Å². The van der Waals surface area contributed by atoms with Gasteiger partial charge in [0.1, 0.15) is 0 Å². The second-order valence-corrected chi connectivity index (χ2v) is 5.86. The topological polar surface area (TPSA) is 55.1 Å². The van der Waals surface area contributed by atoms with E-state index in [1.165, 1.54) is 4.68 Å². The van der Waals surface area contributed by atoms with E-state index in [0.29, 0.717) is 5.39 Å². The lowest BCUT2D eigenvalue weighted by Gasteiger charge is -2.13. The molecule has 0 radical (unpaired) electrons. The normalized spacial score (nSPS) is 12.5. The number of aliphatic hydroxyl groups is 1. The number of fused-ring (bicyclic) bond motifs is 1. The maximum Gasteiger partial charge on any atom is 0.274 e. The van der Waals surface area contributed by atoms with Gasteiger partial charge < -0.3 is 5.11 Å². The summed E-state index contributed by atoms with van der Waals surface area (Å²) in [6, 6.07) is 15.4. The first-order valence-corrected chi connectivity index (χ1v) is 7.94. The maximum absolute atomic E-state index is 12.6. The van der Waals surface area contributed by atoms with E-state index in [1.54, 1.807) is 6.07 Å². The molecule has 0 bridgehead atoms. The van der Waals surface area contributed by atoms with Gasteiger partial charge in [-0.1, -0.05) is 48.0 Å². The SMILES string of the molecule is Cc1ccc(-c2nn(CC(O)CCl)c(=O)c3ccccc23)cc1. The van der Waals surface area contributed by atoms with Gasteiger partial charge in [0.15, 0.2) is 0 Å². The largest absolute Gasteiger partial charge is 0.390 e. The molecule has 5 heteroatoms. The number of aliphatic hydroxyl groups excluding tert-OH is 1. The highest BCUT2D eigenvalue weighted by atomic mass is 35.5. The minimum absolute atomic E-state index is 0.0564. The van der Waals surface area contributed by atoms with E-state index in [2.05, 4.69) is 5.10 Å². The predicted molar refractivity (Wildman–Crippen MR) is 92.9 cm³/mol. The lowest BCUT2D eigenvalue weighted by Crippen LogP contribution is -2.30. The van der Waals surface area contributed by atoms with Crippen LogP contribution in [-0.4, -0.2) is 26.9 Å². The summed E-state index contributed by atoms with van der Waals surface area (Å²) in [4.78, 5) is 12.6. The summed E-state index contributed by atoms with van der Waals surface area (Å²) < 4.78 is 1.30. The summed E-state index contributed by atoms with van der Waals surface area (Å²) in [7, 11) is 0. The molecule has 1 heterocycles. The number of aryl methyl sites for hydroxylation is 1. The number of halogens is 1. The van der Waals surface area contributed by atoms with Crippen molar-refractivity contribution in [2.24, 2.45) is 0 Å². The van der Waals surface area contributed by atoms with Crippen molar-refractivity contribution < 1.29 is 5.11 Å². The Hall–Kier alpha value is -2.17. The van der Waals surface area contributed by atoms with Gasteiger partial charge in [0.2, 0.25) is 0 Å². The van der Waals surface area contributed by atoms with Gasteiger partial charge >= 0.3 is 0 Å². The molecule has 0 aliphatic heterocycles. The standard InChI is InChI=1S/C18H17ClN2O2/c1-12-6-8-13(9-7-12)17-15-4-2-3-5-16(15)18(23)21(20-17)11-14(22)10-19/h2-9,14,22H,10-11H2,1H3. The van der Waals surface area contributed by atoms with E-state index >= 15 is 0 Å². The summed E-state index contributed by atoms with van der Waals surface area (Å²) >= 11 is 5.65. The number of nitrogens with zero attached hydrogens (tertiary/aromatic N) is 2. The van der Waals surface area contributed by atoms with Crippen LogP contribution in [0.1, 0.15) is 5.56 Å². The number of hydrogen-bond donors (Lipinski definition) is 1. The molecule has 0 amide bonds. The first-order valence-electron chi connectivity index (χ1n) is 7.41. The molecule has 0 saturated heterocycles. The number of aromatic nitrogens is 2. The zero-order valence-electron chi connectivity index (χ0n) is 12.7. The van der Waals surface area contributed by atoms with E-state index in [9.17, 15) is 9.90 Å². The Labute approximate surface area is 139 Å². The number of benzene rings is 2. The lowest BCUT2D eigenvalue weighted by atomic mass is 10.0. The zero-order valence-corrected chi connectivity index (χ0v) is 13.5. The highest BCUT2D eigenvalue weighted by Crippen LogP contribution is 2.24. The fourth-order valence-electron chi connectivity index (χ4n) is 2.53. The highest BCUT2D eigenvalue weighted by molar-refractivity contribution is 6.18. The summed E-state index contributed by atoms with van der Waals surface area (Å²) in [6.45, 7) is 2.10. The molecule has 4 nitrogen and oxygen atoms in total. The van der Waals surface area contributed by atoms with Crippen LogP contribution in [0.15, 0.2) is 53.3 Å². The number of alkyl halides is 1. The number of hydrogen-bond acceptors (Lipinski definition) is 3. The van der Waals surface area contributed by atoms with Crippen molar-refractivity contribution in [3.63, 3.8) is 0 Å². The van der Waals surface area contributed by atoms with E-state index in [-0.39, 0.29) is 18.0 Å². The van der Waals surface area contributed by atoms with E-state index in [0.717, 1.165) is 22.2 Å². The third-order valence-corrected chi connectivity index (χ3v) is 4.11. The molecule has 0 spiro atoms. The second kappa shape index (κ2) is 6.52. The Kier molecular flexibility index (Phi) is 4.46. The zero-order chi connectivity index (χ0) is 16.4. The number of rotatable bonds is 4. The van der Waals surface area contributed by atoms with Gasteiger partial charge in [-0.15, -0.1) is 11.6 Å². The molecule has 23 heavy (non-hydrogen) atoms. The highest BCUT2D eigenvalue weighted by Gasteiger charge is 2.14. The van der Waals surface area contributed by atoms with Crippen LogP contribution < -0.4 is 5.56 Å². The molecule has 0 fully saturated rings. The first-order chi connectivity index (χ1) is 11.1. The summed E-state index contributed by atoms with van der Waals surface area (Å²) in [5, 5.41) is 15.6. The van der Waals surface area contributed by atoms with Gasteiger partial charge in [0, 0.05) is 10.9 Å². The van der Waals surface area contributed by atoms with Crippen LogP contribution in [0.3, 0.4) is 0 Å². The molecule has 0 aliphatic rings. The second-order valence-electron chi connectivity index (χ2n) is 5.56. The fraction of sp³-hybridized carbons (Fsp3) is 0.222. The van der Waals surface area contributed by atoms with Crippen molar-refractivity contribution >= 4 is 22.4 Å². The van der Waals surface area contributed by atoms with Crippen LogP contribution in [0.25, 0.3) is 22.0 Å². The lowest BCUT2D eigenvalue weighted by molar-refractivity contribution is 0.170. The third kappa shape index (κ3) is 3.14. The quantitative estimate of drug-likeness (QED) is 0.749. The Bertz CT molecular complexity index is 888. The van der Waals surface area contributed by atoms with Gasteiger partial charge in [-0.2, -0.15) is 5.10 Å². The molecule has 118 valence electrons. The molecule has 1 atom stereocenters. The van der Waals surface area contributed by atoms with Gasteiger partial charge in [-0.05, 0) is 13.0 Å². The van der Waals surface area contributed by atoms with Gasteiger partial charge in [0.25, 0.3) is 5.56 Å².